The molecule has 1 aromatic heterocycles. The molecule has 0 aliphatic heterocycles. The summed E-state index contributed by atoms with van der Waals surface area (Å²) in [5, 5.41) is 4.12. The van der Waals surface area contributed by atoms with Gasteiger partial charge in [-0.1, -0.05) is 65.3 Å². The third-order valence-corrected chi connectivity index (χ3v) is 4.07. The van der Waals surface area contributed by atoms with Gasteiger partial charge in [-0.2, -0.15) is 4.98 Å². The van der Waals surface area contributed by atoms with Crippen molar-refractivity contribution < 1.29 is 4.52 Å². The molecule has 4 heteroatoms. The maximum Gasteiger partial charge on any atom is 0.241 e. The van der Waals surface area contributed by atoms with Crippen LogP contribution >= 0.6 is 0 Å². The van der Waals surface area contributed by atoms with Crippen LogP contribution in [0.15, 0.2) is 59.1 Å². The summed E-state index contributed by atoms with van der Waals surface area (Å²) in [6, 6.07) is 19.0. The summed E-state index contributed by atoms with van der Waals surface area (Å²) in [5.41, 5.74) is 3.48. The van der Waals surface area contributed by atoms with Gasteiger partial charge in [0.15, 0.2) is 0 Å². The number of rotatable bonds is 6. The molecule has 0 unspecified atom stereocenters. The highest BCUT2D eigenvalue weighted by molar-refractivity contribution is 5.54. The Morgan fingerprint density at radius 3 is 2.33 bits per heavy atom. The zero-order chi connectivity index (χ0) is 16.9. The highest BCUT2D eigenvalue weighted by atomic mass is 16.5. The van der Waals surface area contributed by atoms with Gasteiger partial charge in [-0.05, 0) is 26.3 Å². The number of nitrogens with zero attached hydrogens (tertiary/aromatic N) is 3. The molecule has 0 bridgehead atoms. The fourth-order valence-electron chi connectivity index (χ4n) is 2.55. The molecule has 0 aliphatic carbocycles. The summed E-state index contributed by atoms with van der Waals surface area (Å²) in [6.07, 6.45) is 0. The first-order chi connectivity index (χ1) is 11.6. The third-order valence-electron chi connectivity index (χ3n) is 4.07. The lowest BCUT2D eigenvalue weighted by Crippen LogP contribution is -2.29. The highest BCUT2D eigenvalue weighted by Gasteiger charge is 2.16. The van der Waals surface area contributed by atoms with Gasteiger partial charge in [-0.25, -0.2) is 0 Å². The Morgan fingerprint density at radius 2 is 1.67 bits per heavy atom. The van der Waals surface area contributed by atoms with Gasteiger partial charge in [0.05, 0.1) is 6.54 Å². The molecule has 124 valence electrons. The van der Waals surface area contributed by atoms with Crippen molar-refractivity contribution in [3.8, 4) is 11.4 Å². The molecule has 3 aromatic rings. The summed E-state index contributed by atoms with van der Waals surface area (Å²) >= 11 is 0. The van der Waals surface area contributed by atoms with Crippen LogP contribution in [0.4, 0.5) is 0 Å². The quantitative estimate of drug-likeness (QED) is 0.672. The number of hydrogen-bond donors (Lipinski definition) is 0. The van der Waals surface area contributed by atoms with Gasteiger partial charge in [0.1, 0.15) is 0 Å². The van der Waals surface area contributed by atoms with Crippen molar-refractivity contribution >= 4 is 0 Å². The first-order valence-corrected chi connectivity index (χ1v) is 8.29. The Hall–Kier alpha value is -2.46. The lowest BCUT2D eigenvalue weighted by Gasteiger charge is -2.24. The zero-order valence-electron chi connectivity index (χ0n) is 14.4. The van der Waals surface area contributed by atoms with Crippen LogP contribution < -0.4 is 0 Å². The van der Waals surface area contributed by atoms with Crippen molar-refractivity contribution in [1.29, 1.82) is 0 Å². The molecule has 0 atom stereocenters. The van der Waals surface area contributed by atoms with E-state index in [1.54, 1.807) is 0 Å². The van der Waals surface area contributed by atoms with Gasteiger partial charge in [-0.3, -0.25) is 4.90 Å². The largest absolute Gasteiger partial charge is 0.338 e. The van der Waals surface area contributed by atoms with Crippen LogP contribution in [0.25, 0.3) is 11.4 Å². The minimum atomic E-state index is 0.389. The van der Waals surface area contributed by atoms with Crippen molar-refractivity contribution in [3.05, 3.63) is 71.6 Å². The topological polar surface area (TPSA) is 42.2 Å². The molecule has 0 amide bonds. The van der Waals surface area contributed by atoms with Crippen LogP contribution in [0.5, 0.6) is 0 Å². The van der Waals surface area contributed by atoms with E-state index in [4.69, 9.17) is 4.52 Å². The van der Waals surface area contributed by atoms with Gasteiger partial charge < -0.3 is 4.52 Å². The first-order valence-electron chi connectivity index (χ1n) is 8.29. The van der Waals surface area contributed by atoms with Crippen molar-refractivity contribution in [2.24, 2.45) is 0 Å². The number of hydrogen-bond acceptors (Lipinski definition) is 4. The lowest BCUT2D eigenvalue weighted by atomic mass is 10.1. The Kier molecular flexibility index (Phi) is 5.06. The van der Waals surface area contributed by atoms with Gasteiger partial charge >= 0.3 is 0 Å². The van der Waals surface area contributed by atoms with Gasteiger partial charge in [0.25, 0.3) is 0 Å². The van der Waals surface area contributed by atoms with E-state index < -0.39 is 0 Å². The Bertz CT molecular complexity index is 763. The molecule has 0 radical (unpaired) electrons. The summed E-state index contributed by atoms with van der Waals surface area (Å²) in [4.78, 5) is 6.88. The van der Waals surface area contributed by atoms with Crippen LogP contribution in [0, 0.1) is 6.92 Å². The van der Waals surface area contributed by atoms with E-state index in [0.717, 1.165) is 12.1 Å². The van der Waals surface area contributed by atoms with E-state index in [1.165, 1.54) is 11.1 Å². The van der Waals surface area contributed by atoms with Crippen molar-refractivity contribution in [1.82, 2.24) is 15.0 Å². The van der Waals surface area contributed by atoms with Gasteiger partial charge in [-0.15, -0.1) is 0 Å². The molecule has 1 heterocycles. The van der Waals surface area contributed by atoms with Crippen molar-refractivity contribution in [3.63, 3.8) is 0 Å². The summed E-state index contributed by atoms with van der Waals surface area (Å²) in [6.45, 7) is 7.93. The standard InChI is InChI=1S/C20H23N3O/c1-15(2)23(13-17-7-5-4-6-8-17)14-19-21-20(22-24-19)18-11-9-16(3)10-12-18/h4-12,15H,13-14H2,1-3H3. The van der Waals surface area contributed by atoms with E-state index in [9.17, 15) is 0 Å². The molecular weight excluding hydrogens is 298 g/mol. The van der Waals surface area contributed by atoms with Crippen LogP contribution in [0.3, 0.4) is 0 Å². The maximum atomic E-state index is 5.46. The molecular formula is C20H23N3O. The number of aryl methyl sites for hydroxylation is 1. The first kappa shape index (κ1) is 16.4. The fraction of sp³-hybridized carbons (Fsp3) is 0.300. The van der Waals surface area contributed by atoms with Crippen LogP contribution in [-0.2, 0) is 13.1 Å². The monoisotopic (exact) mass is 321 g/mol. The molecule has 0 saturated carbocycles. The lowest BCUT2D eigenvalue weighted by molar-refractivity contribution is 0.176. The van der Waals surface area contributed by atoms with Crippen LogP contribution in [-0.4, -0.2) is 21.1 Å². The van der Waals surface area contributed by atoms with E-state index in [0.29, 0.717) is 24.3 Å². The Balaban J connectivity index is 1.72. The van der Waals surface area contributed by atoms with E-state index in [1.807, 2.05) is 18.2 Å². The van der Waals surface area contributed by atoms with Gasteiger partial charge in [0.2, 0.25) is 11.7 Å². The average molecular weight is 321 g/mol. The molecule has 0 fully saturated rings. The SMILES string of the molecule is Cc1ccc(-c2noc(CN(Cc3ccccc3)C(C)C)n2)cc1. The van der Waals surface area contributed by atoms with E-state index in [-0.39, 0.29) is 0 Å². The Morgan fingerprint density at radius 1 is 0.958 bits per heavy atom. The van der Waals surface area contributed by atoms with Crippen molar-refractivity contribution in [2.45, 2.75) is 39.9 Å². The minimum Gasteiger partial charge on any atom is -0.338 e. The zero-order valence-corrected chi connectivity index (χ0v) is 14.4. The molecule has 0 aliphatic rings. The van der Waals surface area contributed by atoms with Crippen molar-refractivity contribution in [2.75, 3.05) is 0 Å². The molecule has 2 aromatic carbocycles. The normalized spacial score (nSPS) is 11.4. The Labute approximate surface area is 143 Å². The highest BCUT2D eigenvalue weighted by Crippen LogP contribution is 2.18. The van der Waals surface area contributed by atoms with E-state index >= 15 is 0 Å². The average Bonchev–Trinajstić information content (AvgIpc) is 3.04. The number of benzene rings is 2. The summed E-state index contributed by atoms with van der Waals surface area (Å²) < 4.78 is 5.46. The molecule has 0 spiro atoms. The van der Waals surface area contributed by atoms with Crippen LogP contribution in [0.2, 0.25) is 0 Å². The second-order valence-corrected chi connectivity index (χ2v) is 6.36. The predicted octanol–water partition coefficient (Wildman–Crippen LogP) is 4.46. The molecule has 0 saturated heterocycles. The number of aromatic nitrogens is 2. The minimum absolute atomic E-state index is 0.389. The predicted molar refractivity (Wildman–Crippen MR) is 95.3 cm³/mol. The molecule has 24 heavy (non-hydrogen) atoms. The third kappa shape index (κ3) is 4.09. The van der Waals surface area contributed by atoms with Crippen LogP contribution in [0.1, 0.15) is 30.9 Å². The molecule has 0 N–H and O–H groups in total. The molecule has 3 rings (SSSR count). The second-order valence-electron chi connectivity index (χ2n) is 6.36. The maximum absolute atomic E-state index is 5.46. The molecule has 4 nitrogen and oxygen atoms in total. The van der Waals surface area contributed by atoms with E-state index in [2.05, 4.69) is 72.2 Å². The van der Waals surface area contributed by atoms with Gasteiger partial charge in [0, 0.05) is 18.2 Å². The fourth-order valence-corrected chi connectivity index (χ4v) is 2.55. The smallest absolute Gasteiger partial charge is 0.241 e. The second kappa shape index (κ2) is 7.41. The summed E-state index contributed by atoms with van der Waals surface area (Å²) in [7, 11) is 0. The summed E-state index contributed by atoms with van der Waals surface area (Å²) in [5.74, 6) is 1.30.